The van der Waals surface area contributed by atoms with E-state index in [0.29, 0.717) is 0 Å². The summed E-state index contributed by atoms with van der Waals surface area (Å²) in [5.41, 5.74) is 0.731. The molecule has 5 nitrogen and oxygen atoms in total. The van der Waals surface area contributed by atoms with Gasteiger partial charge in [-0.15, -0.1) is 11.3 Å². The number of esters is 1. The van der Waals surface area contributed by atoms with Crippen molar-refractivity contribution < 1.29 is 23.1 Å². The Morgan fingerprint density at radius 2 is 1.96 bits per heavy atom. The number of hydrogen-bond acceptors (Lipinski definition) is 5. The fourth-order valence-electron chi connectivity index (χ4n) is 2.23. The summed E-state index contributed by atoms with van der Waals surface area (Å²) in [6.45, 7) is -0.442. The molecule has 25 heavy (non-hydrogen) atoms. The van der Waals surface area contributed by atoms with Crippen LogP contribution in [0.1, 0.15) is 27.0 Å². The highest BCUT2D eigenvalue weighted by Crippen LogP contribution is 2.26. The largest absolute Gasteiger partial charge is 0.457 e. The first-order valence-electron chi connectivity index (χ1n) is 7.42. The molecule has 2 heterocycles. The second kappa shape index (κ2) is 7.76. The molecule has 1 N–H and O–H groups in total. The highest BCUT2D eigenvalue weighted by molar-refractivity contribution is 7.10. The minimum atomic E-state index is -0.713. The molecule has 2 aromatic heterocycles. The number of thiophene rings is 1. The Hall–Kier alpha value is -2.93. The number of benzene rings is 1. The van der Waals surface area contributed by atoms with E-state index in [9.17, 15) is 14.0 Å². The number of furan rings is 1. The van der Waals surface area contributed by atoms with Crippen LogP contribution in [0, 0.1) is 5.82 Å². The number of rotatable bonds is 6. The number of amides is 1. The minimum absolute atomic E-state index is 0.0288. The lowest BCUT2D eigenvalue weighted by Gasteiger charge is -2.18. The van der Waals surface area contributed by atoms with Gasteiger partial charge in [-0.25, -0.2) is 9.18 Å². The Kier molecular flexibility index (Phi) is 5.25. The van der Waals surface area contributed by atoms with E-state index in [1.807, 2.05) is 17.5 Å². The van der Waals surface area contributed by atoms with Crippen molar-refractivity contribution in [2.45, 2.75) is 6.04 Å². The van der Waals surface area contributed by atoms with E-state index in [2.05, 4.69) is 5.32 Å². The summed E-state index contributed by atoms with van der Waals surface area (Å²) >= 11 is 1.46. The molecule has 3 rings (SSSR count). The smallest absolute Gasteiger partial charge is 0.374 e. The van der Waals surface area contributed by atoms with Crippen molar-refractivity contribution in [2.24, 2.45) is 0 Å². The maximum atomic E-state index is 13.1. The van der Waals surface area contributed by atoms with Gasteiger partial charge >= 0.3 is 5.97 Å². The van der Waals surface area contributed by atoms with E-state index in [1.54, 1.807) is 18.2 Å². The maximum absolute atomic E-state index is 13.1. The van der Waals surface area contributed by atoms with Crippen molar-refractivity contribution in [3.63, 3.8) is 0 Å². The van der Waals surface area contributed by atoms with Crippen molar-refractivity contribution in [1.29, 1.82) is 0 Å². The van der Waals surface area contributed by atoms with Gasteiger partial charge in [-0.2, -0.15) is 0 Å². The van der Waals surface area contributed by atoms with Crippen LogP contribution in [-0.4, -0.2) is 18.5 Å². The summed E-state index contributed by atoms with van der Waals surface area (Å²) < 4.78 is 23.0. The first kappa shape index (κ1) is 16.9. The molecule has 0 spiro atoms. The fourth-order valence-corrected chi connectivity index (χ4v) is 3.03. The van der Waals surface area contributed by atoms with Crippen molar-refractivity contribution in [2.75, 3.05) is 6.61 Å². The molecule has 0 fully saturated rings. The molecule has 128 valence electrons. The third kappa shape index (κ3) is 4.33. The van der Waals surface area contributed by atoms with E-state index >= 15 is 0 Å². The summed E-state index contributed by atoms with van der Waals surface area (Å²) in [5, 5.41) is 4.68. The van der Waals surface area contributed by atoms with Crippen molar-refractivity contribution >= 4 is 23.2 Å². The van der Waals surface area contributed by atoms with E-state index in [1.165, 1.54) is 35.8 Å². The molecule has 7 heteroatoms. The fraction of sp³-hybridized carbons (Fsp3) is 0.111. The van der Waals surface area contributed by atoms with Gasteiger partial charge in [0.2, 0.25) is 5.76 Å². The van der Waals surface area contributed by atoms with Crippen LogP contribution in [0.4, 0.5) is 4.39 Å². The van der Waals surface area contributed by atoms with Crippen LogP contribution >= 0.6 is 11.3 Å². The van der Waals surface area contributed by atoms with E-state index in [0.717, 1.165) is 10.4 Å². The SMILES string of the molecule is O=C(COC(=O)c1ccco1)N[C@H](c1ccc(F)cc1)c1cccs1. The lowest BCUT2D eigenvalue weighted by molar-refractivity contribution is -0.124. The minimum Gasteiger partial charge on any atom is -0.457 e. The van der Waals surface area contributed by atoms with Gasteiger partial charge in [0.15, 0.2) is 6.61 Å². The third-order valence-electron chi connectivity index (χ3n) is 3.39. The predicted octanol–water partition coefficient (Wildman–Crippen LogP) is 3.54. The normalized spacial score (nSPS) is 11.7. The molecule has 1 atom stereocenters. The molecule has 1 aromatic carbocycles. The van der Waals surface area contributed by atoms with Gasteiger partial charge in [-0.1, -0.05) is 18.2 Å². The lowest BCUT2D eigenvalue weighted by Crippen LogP contribution is -2.32. The average Bonchev–Trinajstić information content (AvgIpc) is 3.31. The zero-order chi connectivity index (χ0) is 17.6. The zero-order valence-electron chi connectivity index (χ0n) is 13.0. The average molecular weight is 359 g/mol. The number of hydrogen-bond donors (Lipinski definition) is 1. The van der Waals surface area contributed by atoms with Gasteiger partial charge in [-0.3, -0.25) is 4.79 Å². The van der Waals surface area contributed by atoms with Gasteiger partial charge in [0.1, 0.15) is 5.82 Å². The Morgan fingerprint density at radius 3 is 2.60 bits per heavy atom. The van der Waals surface area contributed by atoms with Crippen molar-refractivity contribution in [3.8, 4) is 0 Å². The number of ether oxygens (including phenoxy) is 1. The second-order valence-corrected chi connectivity index (χ2v) is 6.10. The van der Waals surface area contributed by atoms with Crippen molar-refractivity contribution in [3.05, 3.63) is 82.2 Å². The standard InChI is InChI=1S/C18H14FNO4S/c19-13-7-5-12(6-8-13)17(15-4-2-10-25-15)20-16(21)11-24-18(22)14-3-1-9-23-14/h1-10,17H,11H2,(H,20,21)/t17-/m1/s1. The number of halogens is 1. The van der Waals surface area contributed by atoms with Gasteiger partial charge in [0.25, 0.3) is 5.91 Å². The number of carbonyl (C=O) groups is 2. The van der Waals surface area contributed by atoms with Gasteiger partial charge < -0.3 is 14.5 Å². The molecule has 3 aromatic rings. The molecular formula is C18H14FNO4S. The molecule has 0 radical (unpaired) electrons. The highest BCUT2D eigenvalue weighted by atomic mass is 32.1. The van der Waals surface area contributed by atoms with Crippen LogP contribution in [0.5, 0.6) is 0 Å². The number of carbonyl (C=O) groups excluding carboxylic acids is 2. The zero-order valence-corrected chi connectivity index (χ0v) is 13.8. The molecule has 0 saturated carbocycles. The first-order chi connectivity index (χ1) is 12.1. The van der Waals surface area contributed by atoms with Gasteiger partial charge in [-0.05, 0) is 41.3 Å². The summed E-state index contributed by atoms with van der Waals surface area (Å²) in [6.07, 6.45) is 1.35. The van der Waals surface area contributed by atoms with Crippen LogP contribution in [-0.2, 0) is 9.53 Å². The first-order valence-corrected chi connectivity index (χ1v) is 8.30. The third-order valence-corrected chi connectivity index (χ3v) is 4.33. The summed E-state index contributed by atoms with van der Waals surface area (Å²) in [5.74, 6) is -1.51. The molecule has 0 aliphatic heterocycles. The monoisotopic (exact) mass is 359 g/mol. The summed E-state index contributed by atoms with van der Waals surface area (Å²) in [7, 11) is 0. The maximum Gasteiger partial charge on any atom is 0.374 e. The van der Waals surface area contributed by atoms with Crippen LogP contribution in [0.25, 0.3) is 0 Å². The van der Waals surface area contributed by atoms with Crippen LogP contribution < -0.4 is 5.32 Å². The Morgan fingerprint density at radius 1 is 1.16 bits per heavy atom. The summed E-state index contributed by atoms with van der Waals surface area (Å²) in [4.78, 5) is 24.8. The van der Waals surface area contributed by atoms with E-state index in [-0.39, 0.29) is 11.6 Å². The molecule has 0 aliphatic carbocycles. The lowest BCUT2D eigenvalue weighted by atomic mass is 10.1. The Labute approximate surface area is 147 Å². The van der Waals surface area contributed by atoms with Gasteiger partial charge in [0, 0.05) is 4.88 Å². The Bertz CT molecular complexity index is 829. The van der Waals surface area contributed by atoms with Gasteiger partial charge in [0.05, 0.1) is 12.3 Å². The van der Waals surface area contributed by atoms with Crippen LogP contribution in [0.15, 0.2) is 64.6 Å². The second-order valence-electron chi connectivity index (χ2n) is 5.12. The number of nitrogens with one attached hydrogen (secondary N) is 1. The molecule has 0 saturated heterocycles. The van der Waals surface area contributed by atoms with Crippen LogP contribution in [0.2, 0.25) is 0 Å². The van der Waals surface area contributed by atoms with E-state index in [4.69, 9.17) is 9.15 Å². The predicted molar refractivity (Wildman–Crippen MR) is 89.7 cm³/mol. The molecular weight excluding hydrogens is 345 g/mol. The van der Waals surface area contributed by atoms with E-state index < -0.39 is 24.5 Å². The topological polar surface area (TPSA) is 68.5 Å². The Balaban J connectivity index is 1.67. The molecule has 1 amide bonds. The van der Waals surface area contributed by atoms with Crippen LogP contribution in [0.3, 0.4) is 0 Å². The summed E-state index contributed by atoms with van der Waals surface area (Å²) in [6, 6.07) is 12.2. The molecule has 0 bridgehead atoms. The quantitative estimate of drug-likeness (QED) is 0.684. The molecule has 0 aliphatic rings. The molecule has 0 unspecified atom stereocenters. The van der Waals surface area contributed by atoms with Crippen molar-refractivity contribution in [1.82, 2.24) is 5.32 Å². The highest BCUT2D eigenvalue weighted by Gasteiger charge is 2.19.